The number of nitrogens with two attached hydrogens (primary N) is 1. The van der Waals surface area contributed by atoms with E-state index in [1.165, 1.54) is 0 Å². The first-order valence-electron chi connectivity index (χ1n) is 6.77. The van der Waals surface area contributed by atoms with Crippen LogP contribution in [0.1, 0.15) is 53.2 Å². The topological polar surface area (TPSA) is 109 Å². The van der Waals surface area contributed by atoms with Gasteiger partial charge in [0.2, 0.25) is 11.8 Å². The lowest BCUT2D eigenvalue weighted by molar-refractivity contribution is -0.143. The van der Waals surface area contributed by atoms with Crippen LogP contribution in [0.3, 0.4) is 0 Å². The molecule has 0 aromatic rings. The predicted octanol–water partition coefficient (Wildman–Crippen LogP) is 0.792. The minimum absolute atomic E-state index is 0.240. The van der Waals surface area contributed by atoms with Crippen LogP contribution in [-0.2, 0) is 14.4 Å². The van der Waals surface area contributed by atoms with Crippen molar-refractivity contribution < 1.29 is 20.9 Å². The lowest BCUT2D eigenvalue weighted by Crippen LogP contribution is -2.43. The molecule has 0 aromatic heterocycles. The summed E-state index contributed by atoms with van der Waals surface area (Å²) in [6.45, 7) is 0.424. The zero-order valence-corrected chi connectivity index (χ0v) is 10.5. The van der Waals surface area contributed by atoms with Crippen molar-refractivity contribution in [2.24, 2.45) is 5.73 Å². The summed E-state index contributed by atoms with van der Waals surface area (Å²) in [7, 11) is 0. The molecule has 6 heteroatoms. The molecule has 0 unspecified atom stereocenters. The molecule has 0 aliphatic carbocycles. The normalized spacial score (nSPS) is 12.6. The molecule has 0 radical (unpaired) electrons. The standard InChI is InChI=1S/C12H22N2O4/c1-2-3-4-5-6-7-11(16)14-9(12(17)18)8-10(13)15/h9H,2-8H2,1H3,(H2,13,15)(H,14,16)(H,17,18)/t9-/m0/s1/i1D. The van der Waals surface area contributed by atoms with Gasteiger partial charge in [0.25, 0.3) is 0 Å². The van der Waals surface area contributed by atoms with E-state index in [4.69, 9.17) is 12.2 Å². The van der Waals surface area contributed by atoms with Gasteiger partial charge in [-0.05, 0) is 6.42 Å². The van der Waals surface area contributed by atoms with Gasteiger partial charge in [-0.2, -0.15) is 0 Å². The summed E-state index contributed by atoms with van der Waals surface area (Å²) in [4.78, 5) is 32.9. The molecule has 0 heterocycles. The van der Waals surface area contributed by atoms with Gasteiger partial charge in [0.05, 0.1) is 6.42 Å². The van der Waals surface area contributed by atoms with Crippen molar-refractivity contribution in [3.8, 4) is 0 Å². The number of amides is 2. The van der Waals surface area contributed by atoms with Crippen LogP contribution in [0, 0.1) is 0 Å². The Morgan fingerprint density at radius 3 is 2.50 bits per heavy atom. The third-order valence-corrected chi connectivity index (χ3v) is 2.44. The minimum Gasteiger partial charge on any atom is -0.480 e. The smallest absolute Gasteiger partial charge is 0.326 e. The first kappa shape index (κ1) is 14.5. The summed E-state index contributed by atoms with van der Waals surface area (Å²) >= 11 is 0. The number of rotatable bonds is 10. The average Bonchev–Trinajstić information content (AvgIpc) is 2.32. The molecule has 1 atom stereocenters. The van der Waals surface area contributed by atoms with Crippen LogP contribution >= 0.6 is 0 Å². The molecule has 0 aliphatic heterocycles. The van der Waals surface area contributed by atoms with Crippen LogP contribution in [0.2, 0.25) is 0 Å². The Kier molecular flexibility index (Phi) is 7.59. The van der Waals surface area contributed by atoms with Crippen LogP contribution < -0.4 is 11.1 Å². The zero-order valence-electron chi connectivity index (χ0n) is 11.5. The molecule has 4 N–H and O–H groups in total. The maximum absolute atomic E-state index is 11.5. The van der Waals surface area contributed by atoms with E-state index < -0.39 is 24.3 Å². The highest BCUT2D eigenvalue weighted by Gasteiger charge is 2.21. The molecule has 104 valence electrons. The predicted molar refractivity (Wildman–Crippen MR) is 66.8 cm³/mol. The van der Waals surface area contributed by atoms with E-state index in [0.717, 1.165) is 25.7 Å². The summed E-state index contributed by atoms with van der Waals surface area (Å²) in [6, 6.07) is -1.24. The highest BCUT2D eigenvalue weighted by molar-refractivity contribution is 5.88. The first-order chi connectivity index (χ1) is 8.97. The summed E-state index contributed by atoms with van der Waals surface area (Å²) in [6.07, 6.45) is 4.20. The van der Waals surface area contributed by atoms with Gasteiger partial charge in [-0.3, -0.25) is 9.59 Å². The van der Waals surface area contributed by atoms with Crippen molar-refractivity contribution in [1.82, 2.24) is 5.32 Å². The molecular formula is C12H22N2O4. The number of aliphatic carboxylic acids is 1. The monoisotopic (exact) mass is 259 g/mol. The average molecular weight is 259 g/mol. The lowest BCUT2D eigenvalue weighted by Gasteiger charge is -2.12. The third kappa shape index (κ3) is 8.55. The van der Waals surface area contributed by atoms with Crippen molar-refractivity contribution in [2.45, 2.75) is 57.9 Å². The van der Waals surface area contributed by atoms with Gasteiger partial charge >= 0.3 is 5.97 Å². The van der Waals surface area contributed by atoms with Gasteiger partial charge in [0, 0.05) is 7.79 Å². The number of carboxylic acid groups (broad SMARTS) is 1. The maximum Gasteiger partial charge on any atom is 0.326 e. The first-order valence-corrected chi connectivity index (χ1v) is 6.07. The van der Waals surface area contributed by atoms with Crippen molar-refractivity contribution in [3.63, 3.8) is 0 Å². The van der Waals surface area contributed by atoms with Crippen molar-refractivity contribution >= 4 is 17.8 Å². The molecule has 0 fully saturated rings. The molecule has 0 bridgehead atoms. The lowest BCUT2D eigenvalue weighted by atomic mass is 10.1. The van der Waals surface area contributed by atoms with Gasteiger partial charge in [-0.15, -0.1) is 0 Å². The fraction of sp³-hybridized carbons (Fsp3) is 0.750. The molecule has 0 aliphatic rings. The molecular weight excluding hydrogens is 236 g/mol. The van der Waals surface area contributed by atoms with Crippen molar-refractivity contribution in [3.05, 3.63) is 0 Å². The Hall–Kier alpha value is -1.59. The highest BCUT2D eigenvalue weighted by atomic mass is 16.4. The quantitative estimate of drug-likeness (QED) is 0.504. The maximum atomic E-state index is 11.5. The molecule has 0 spiro atoms. The third-order valence-electron chi connectivity index (χ3n) is 2.44. The van der Waals surface area contributed by atoms with Crippen LogP contribution in [0.4, 0.5) is 0 Å². The van der Waals surface area contributed by atoms with Crippen LogP contribution in [0.15, 0.2) is 0 Å². The van der Waals surface area contributed by atoms with Gasteiger partial charge < -0.3 is 16.2 Å². The van der Waals surface area contributed by atoms with E-state index in [-0.39, 0.29) is 12.3 Å². The number of unbranched alkanes of at least 4 members (excludes halogenated alkanes) is 4. The fourth-order valence-electron chi connectivity index (χ4n) is 1.48. The molecule has 18 heavy (non-hydrogen) atoms. The Labute approximate surface area is 108 Å². The Morgan fingerprint density at radius 2 is 1.94 bits per heavy atom. The second kappa shape index (κ2) is 9.44. The number of hydrogen-bond acceptors (Lipinski definition) is 3. The van der Waals surface area contributed by atoms with E-state index in [0.29, 0.717) is 13.3 Å². The Morgan fingerprint density at radius 1 is 1.28 bits per heavy atom. The molecule has 0 rings (SSSR count). The van der Waals surface area contributed by atoms with Crippen molar-refractivity contribution in [2.75, 3.05) is 0 Å². The summed E-state index contributed by atoms with van der Waals surface area (Å²) in [5.74, 6) is -2.40. The number of carbonyl (C=O) groups is 3. The fourth-order valence-corrected chi connectivity index (χ4v) is 1.48. The van der Waals surface area contributed by atoms with E-state index in [1.54, 1.807) is 0 Å². The Balaban J connectivity index is 3.81. The van der Waals surface area contributed by atoms with Crippen LogP contribution in [-0.4, -0.2) is 28.9 Å². The van der Waals surface area contributed by atoms with E-state index >= 15 is 0 Å². The largest absolute Gasteiger partial charge is 0.480 e. The van der Waals surface area contributed by atoms with Gasteiger partial charge in [-0.25, -0.2) is 4.79 Å². The number of nitrogens with one attached hydrogen (secondary N) is 1. The van der Waals surface area contributed by atoms with E-state index in [9.17, 15) is 14.4 Å². The van der Waals surface area contributed by atoms with E-state index in [2.05, 4.69) is 5.32 Å². The minimum atomic E-state index is -1.26. The zero-order chi connectivity index (χ0) is 14.7. The SMILES string of the molecule is [2H]CCCCCCCC(=O)N[C@@H](CC(N)=O)C(=O)O. The Bertz CT molecular complexity index is 310. The summed E-state index contributed by atoms with van der Waals surface area (Å²) in [5, 5.41) is 11.1. The summed E-state index contributed by atoms with van der Waals surface area (Å²) < 4.78 is 6.97. The van der Waals surface area contributed by atoms with Gasteiger partial charge in [0.15, 0.2) is 0 Å². The van der Waals surface area contributed by atoms with E-state index in [1.807, 2.05) is 0 Å². The second-order valence-electron chi connectivity index (χ2n) is 4.15. The van der Waals surface area contributed by atoms with Crippen LogP contribution in [0.5, 0.6) is 0 Å². The molecule has 0 aromatic carbocycles. The van der Waals surface area contributed by atoms with Gasteiger partial charge in [0.1, 0.15) is 6.04 Å². The molecule has 6 nitrogen and oxygen atoms in total. The molecule has 0 saturated heterocycles. The van der Waals surface area contributed by atoms with Gasteiger partial charge in [-0.1, -0.05) is 32.6 Å². The number of hydrogen-bond donors (Lipinski definition) is 3. The second-order valence-corrected chi connectivity index (χ2v) is 4.15. The van der Waals surface area contributed by atoms with Crippen molar-refractivity contribution in [1.29, 1.82) is 0 Å². The number of carboxylic acids is 1. The number of carbonyl (C=O) groups excluding carboxylic acids is 2. The van der Waals surface area contributed by atoms with Crippen LogP contribution in [0.25, 0.3) is 0 Å². The summed E-state index contributed by atoms with van der Waals surface area (Å²) in [5.41, 5.74) is 4.91. The highest BCUT2D eigenvalue weighted by Crippen LogP contribution is 2.05. The number of primary amides is 1. The molecule has 0 saturated carbocycles. The molecule has 2 amide bonds.